The number of nitrogens with one attached hydrogen (secondary N) is 1. The van der Waals surface area contributed by atoms with Gasteiger partial charge in [0.25, 0.3) is 0 Å². The van der Waals surface area contributed by atoms with Crippen LogP contribution in [0.3, 0.4) is 0 Å². The summed E-state index contributed by atoms with van der Waals surface area (Å²) in [4.78, 5) is 25.7. The van der Waals surface area contributed by atoms with Gasteiger partial charge in [-0.05, 0) is 44.5 Å². The average molecular weight is 290 g/mol. The van der Waals surface area contributed by atoms with E-state index in [1.165, 1.54) is 4.90 Å². The summed E-state index contributed by atoms with van der Waals surface area (Å²) >= 11 is 0. The molecule has 1 aliphatic heterocycles. The summed E-state index contributed by atoms with van der Waals surface area (Å²) in [6, 6.07) is 6.87. The minimum atomic E-state index is -0.414. The minimum absolute atomic E-state index is 0.0472. The lowest BCUT2D eigenvalue weighted by Gasteiger charge is -2.32. The van der Waals surface area contributed by atoms with Gasteiger partial charge in [-0.3, -0.25) is 9.59 Å². The van der Waals surface area contributed by atoms with E-state index in [-0.39, 0.29) is 24.5 Å². The fraction of sp³-hybridized carbons (Fsp3) is 0.500. The molecular formula is C16H22N2O3. The standard InChI is InChI=1S/C16H22N2O3/c1-4-5-14-16(20)18(10-15(19)17-14)12-6-8-13(9-7-12)21-11(2)3/h6-9,11,14H,4-5,10H2,1-3H3,(H,17,19). The van der Waals surface area contributed by atoms with E-state index < -0.39 is 6.04 Å². The van der Waals surface area contributed by atoms with Crippen LogP contribution in [0, 0.1) is 0 Å². The summed E-state index contributed by atoms with van der Waals surface area (Å²) in [7, 11) is 0. The van der Waals surface area contributed by atoms with Crippen molar-refractivity contribution in [1.29, 1.82) is 0 Å². The summed E-state index contributed by atoms with van der Waals surface area (Å²) < 4.78 is 5.58. The van der Waals surface area contributed by atoms with Gasteiger partial charge in [0.15, 0.2) is 0 Å². The van der Waals surface area contributed by atoms with Gasteiger partial charge in [-0.15, -0.1) is 0 Å². The first-order valence-corrected chi connectivity index (χ1v) is 7.38. The van der Waals surface area contributed by atoms with Crippen molar-refractivity contribution in [2.75, 3.05) is 11.4 Å². The summed E-state index contributed by atoms with van der Waals surface area (Å²) in [5.41, 5.74) is 0.729. The first-order valence-electron chi connectivity index (χ1n) is 7.38. The van der Waals surface area contributed by atoms with Crippen molar-refractivity contribution in [1.82, 2.24) is 5.32 Å². The lowest BCUT2D eigenvalue weighted by Crippen LogP contribution is -2.58. The molecule has 5 nitrogen and oxygen atoms in total. The number of rotatable bonds is 5. The van der Waals surface area contributed by atoms with Crippen LogP contribution >= 0.6 is 0 Å². The Labute approximate surface area is 125 Å². The summed E-state index contributed by atoms with van der Waals surface area (Å²) in [5.74, 6) is 0.595. The van der Waals surface area contributed by atoms with E-state index in [4.69, 9.17) is 4.74 Å². The number of carbonyl (C=O) groups is 2. The van der Waals surface area contributed by atoms with Crippen LogP contribution in [0.2, 0.25) is 0 Å². The van der Waals surface area contributed by atoms with E-state index in [2.05, 4.69) is 5.32 Å². The van der Waals surface area contributed by atoms with Gasteiger partial charge in [0.1, 0.15) is 18.3 Å². The molecule has 0 bridgehead atoms. The molecule has 0 radical (unpaired) electrons. The van der Waals surface area contributed by atoms with Crippen LogP contribution in [-0.2, 0) is 9.59 Å². The molecule has 2 rings (SSSR count). The maximum atomic E-state index is 12.4. The first kappa shape index (κ1) is 15.4. The van der Waals surface area contributed by atoms with Crippen molar-refractivity contribution in [3.63, 3.8) is 0 Å². The number of amides is 2. The zero-order valence-electron chi connectivity index (χ0n) is 12.8. The molecule has 21 heavy (non-hydrogen) atoms. The first-order chi connectivity index (χ1) is 10.0. The van der Waals surface area contributed by atoms with Gasteiger partial charge in [-0.2, -0.15) is 0 Å². The highest BCUT2D eigenvalue weighted by molar-refractivity contribution is 6.06. The van der Waals surface area contributed by atoms with Gasteiger partial charge >= 0.3 is 0 Å². The molecule has 1 heterocycles. The van der Waals surface area contributed by atoms with Crippen LogP contribution < -0.4 is 15.0 Å². The number of benzene rings is 1. The molecule has 2 amide bonds. The summed E-state index contributed by atoms with van der Waals surface area (Å²) in [6.07, 6.45) is 1.62. The summed E-state index contributed by atoms with van der Waals surface area (Å²) in [5, 5.41) is 2.75. The predicted octanol–water partition coefficient (Wildman–Crippen LogP) is 2.11. The summed E-state index contributed by atoms with van der Waals surface area (Å²) in [6.45, 7) is 5.99. The number of nitrogens with zero attached hydrogens (tertiary/aromatic N) is 1. The Kier molecular flexibility index (Phi) is 4.83. The Morgan fingerprint density at radius 3 is 2.52 bits per heavy atom. The molecule has 5 heteroatoms. The third kappa shape index (κ3) is 3.74. The lowest BCUT2D eigenvalue weighted by molar-refractivity contribution is -0.131. The van der Waals surface area contributed by atoms with E-state index in [1.807, 2.05) is 45.0 Å². The predicted molar refractivity (Wildman–Crippen MR) is 81.4 cm³/mol. The molecule has 1 aromatic carbocycles. The Morgan fingerprint density at radius 2 is 1.95 bits per heavy atom. The van der Waals surface area contributed by atoms with Crippen LogP contribution in [0.4, 0.5) is 5.69 Å². The normalized spacial score (nSPS) is 18.9. The monoisotopic (exact) mass is 290 g/mol. The highest BCUT2D eigenvalue weighted by Crippen LogP contribution is 2.22. The van der Waals surface area contributed by atoms with E-state index in [9.17, 15) is 9.59 Å². The molecule has 1 aliphatic rings. The molecule has 0 saturated carbocycles. The molecule has 0 aliphatic carbocycles. The molecule has 0 spiro atoms. The fourth-order valence-corrected chi connectivity index (χ4v) is 2.39. The van der Waals surface area contributed by atoms with Gasteiger partial charge in [0.05, 0.1) is 6.10 Å². The largest absolute Gasteiger partial charge is 0.491 e. The highest BCUT2D eigenvalue weighted by Gasteiger charge is 2.32. The van der Waals surface area contributed by atoms with E-state index >= 15 is 0 Å². The van der Waals surface area contributed by atoms with Gasteiger partial charge in [-0.1, -0.05) is 13.3 Å². The van der Waals surface area contributed by atoms with Crippen LogP contribution in [0.25, 0.3) is 0 Å². The van der Waals surface area contributed by atoms with Crippen molar-refractivity contribution in [2.24, 2.45) is 0 Å². The van der Waals surface area contributed by atoms with E-state index in [0.29, 0.717) is 6.42 Å². The molecule has 1 aromatic rings. The van der Waals surface area contributed by atoms with Crippen molar-refractivity contribution < 1.29 is 14.3 Å². The smallest absolute Gasteiger partial charge is 0.250 e. The van der Waals surface area contributed by atoms with Gasteiger partial charge < -0.3 is 15.0 Å². The second kappa shape index (κ2) is 6.61. The SMILES string of the molecule is CCCC1NC(=O)CN(c2ccc(OC(C)C)cc2)C1=O. The quantitative estimate of drug-likeness (QED) is 0.903. The van der Waals surface area contributed by atoms with Crippen LogP contribution in [0.15, 0.2) is 24.3 Å². The maximum absolute atomic E-state index is 12.4. The Bertz CT molecular complexity index is 511. The van der Waals surface area contributed by atoms with Crippen LogP contribution in [0.1, 0.15) is 33.6 Å². The minimum Gasteiger partial charge on any atom is -0.491 e. The molecule has 1 saturated heterocycles. The van der Waals surface area contributed by atoms with E-state index in [0.717, 1.165) is 17.9 Å². The maximum Gasteiger partial charge on any atom is 0.250 e. The topological polar surface area (TPSA) is 58.6 Å². The molecule has 1 fully saturated rings. The zero-order valence-corrected chi connectivity index (χ0v) is 12.8. The second-order valence-electron chi connectivity index (χ2n) is 5.49. The number of hydrogen-bond acceptors (Lipinski definition) is 3. The van der Waals surface area contributed by atoms with Crippen molar-refractivity contribution in [2.45, 2.75) is 45.8 Å². The zero-order chi connectivity index (χ0) is 15.4. The Morgan fingerprint density at radius 1 is 1.29 bits per heavy atom. The third-order valence-corrected chi connectivity index (χ3v) is 3.30. The fourth-order valence-electron chi connectivity index (χ4n) is 2.39. The molecular weight excluding hydrogens is 268 g/mol. The van der Waals surface area contributed by atoms with Crippen molar-refractivity contribution >= 4 is 17.5 Å². The highest BCUT2D eigenvalue weighted by atomic mass is 16.5. The molecule has 0 aromatic heterocycles. The molecule has 1 atom stereocenters. The van der Waals surface area contributed by atoms with Gasteiger partial charge in [0.2, 0.25) is 11.8 Å². The number of hydrogen-bond donors (Lipinski definition) is 1. The number of anilines is 1. The molecule has 1 unspecified atom stereocenters. The van der Waals surface area contributed by atoms with Gasteiger partial charge in [0, 0.05) is 5.69 Å². The van der Waals surface area contributed by atoms with Crippen molar-refractivity contribution in [3.05, 3.63) is 24.3 Å². The molecule has 114 valence electrons. The van der Waals surface area contributed by atoms with Crippen LogP contribution in [0.5, 0.6) is 5.75 Å². The third-order valence-electron chi connectivity index (χ3n) is 3.30. The Hall–Kier alpha value is -2.04. The Balaban J connectivity index is 2.15. The van der Waals surface area contributed by atoms with Crippen LogP contribution in [-0.4, -0.2) is 30.5 Å². The number of piperazine rings is 1. The second-order valence-corrected chi connectivity index (χ2v) is 5.49. The number of ether oxygens (including phenoxy) is 1. The van der Waals surface area contributed by atoms with Crippen molar-refractivity contribution in [3.8, 4) is 5.75 Å². The average Bonchev–Trinajstić information content (AvgIpc) is 2.43. The number of carbonyl (C=O) groups excluding carboxylic acids is 2. The molecule has 1 N–H and O–H groups in total. The van der Waals surface area contributed by atoms with Gasteiger partial charge in [-0.25, -0.2) is 0 Å². The lowest BCUT2D eigenvalue weighted by atomic mass is 10.1. The van der Waals surface area contributed by atoms with E-state index in [1.54, 1.807) is 0 Å².